The number of hydrogen-bond acceptors (Lipinski definition) is 9. The second kappa shape index (κ2) is 29.7. The zero-order chi connectivity index (χ0) is 32.0. The van der Waals surface area contributed by atoms with Gasteiger partial charge in [-0.3, -0.25) is 18.6 Å². The van der Waals surface area contributed by atoms with E-state index in [0.717, 1.165) is 19.3 Å². The molecule has 0 bridgehead atoms. The van der Waals surface area contributed by atoms with Crippen LogP contribution < -0.4 is 0 Å². The van der Waals surface area contributed by atoms with E-state index in [9.17, 15) is 29.3 Å². The standard InChI is InChI=1S/C32H63O10P/c1-3-5-6-7-8-9-10-11-12-13-14-15-16-17-18-19-20-21-22-23-24-32(36)42-30(26-34)28-40-43(37,38)39-27-29(25-33)41-31(35)4-2/h29-30,33-34H,3-28H2,1-2H3,(H,37,38). The molecule has 3 atom stereocenters. The van der Waals surface area contributed by atoms with Gasteiger partial charge in [0.15, 0.2) is 0 Å². The lowest BCUT2D eigenvalue weighted by atomic mass is 10.0. The first kappa shape index (κ1) is 42.0. The van der Waals surface area contributed by atoms with Crippen LogP contribution in [0.15, 0.2) is 0 Å². The first-order valence-corrected chi connectivity index (χ1v) is 18.5. The summed E-state index contributed by atoms with van der Waals surface area (Å²) in [6.07, 6.45) is 23.6. The average Bonchev–Trinajstić information content (AvgIpc) is 3.00. The third-order valence-corrected chi connectivity index (χ3v) is 8.32. The van der Waals surface area contributed by atoms with E-state index in [1.807, 2.05) is 0 Å². The number of esters is 2. The highest BCUT2D eigenvalue weighted by Crippen LogP contribution is 2.43. The summed E-state index contributed by atoms with van der Waals surface area (Å²) in [6.45, 7) is 1.55. The van der Waals surface area contributed by atoms with Crippen LogP contribution in [0.4, 0.5) is 0 Å². The fourth-order valence-corrected chi connectivity index (χ4v) is 5.46. The molecule has 0 fully saturated rings. The number of carbonyl (C=O) groups is 2. The van der Waals surface area contributed by atoms with Crippen molar-refractivity contribution >= 4 is 19.8 Å². The van der Waals surface area contributed by atoms with Crippen LogP contribution in [-0.4, -0.2) is 65.7 Å². The average molecular weight is 639 g/mol. The zero-order valence-electron chi connectivity index (χ0n) is 27.2. The number of rotatable bonds is 32. The van der Waals surface area contributed by atoms with Crippen molar-refractivity contribution in [3.8, 4) is 0 Å². The molecule has 11 heteroatoms. The number of phosphoric ester groups is 1. The lowest BCUT2D eigenvalue weighted by Gasteiger charge is -2.20. The Bertz CT molecular complexity index is 706. The Morgan fingerprint density at radius 2 is 0.884 bits per heavy atom. The van der Waals surface area contributed by atoms with Crippen molar-refractivity contribution in [3.05, 3.63) is 0 Å². The molecule has 0 aliphatic rings. The molecule has 0 radical (unpaired) electrons. The maximum Gasteiger partial charge on any atom is 0.472 e. The predicted molar refractivity (Wildman–Crippen MR) is 169 cm³/mol. The van der Waals surface area contributed by atoms with Gasteiger partial charge in [0.25, 0.3) is 0 Å². The highest BCUT2D eigenvalue weighted by atomic mass is 31.2. The van der Waals surface area contributed by atoms with Crippen LogP contribution in [0.25, 0.3) is 0 Å². The highest BCUT2D eigenvalue weighted by molar-refractivity contribution is 7.47. The summed E-state index contributed by atoms with van der Waals surface area (Å²) in [7, 11) is -4.59. The van der Waals surface area contributed by atoms with Gasteiger partial charge in [-0.05, 0) is 6.42 Å². The van der Waals surface area contributed by atoms with Crippen LogP contribution in [0.1, 0.15) is 155 Å². The second-order valence-electron chi connectivity index (χ2n) is 11.5. The van der Waals surface area contributed by atoms with Crippen molar-refractivity contribution < 1.29 is 47.8 Å². The Labute approximate surface area is 261 Å². The Morgan fingerprint density at radius 1 is 0.558 bits per heavy atom. The van der Waals surface area contributed by atoms with E-state index in [1.54, 1.807) is 6.92 Å². The smallest absolute Gasteiger partial charge is 0.457 e. The van der Waals surface area contributed by atoms with Crippen LogP contribution >= 0.6 is 7.82 Å². The molecule has 3 N–H and O–H groups in total. The molecule has 3 unspecified atom stereocenters. The summed E-state index contributed by atoms with van der Waals surface area (Å²) in [6, 6.07) is 0. The SMILES string of the molecule is CCCCCCCCCCCCCCCCCCCCCCC(=O)OC(CO)COP(=O)(O)OCC(CO)OC(=O)CC. The molecule has 0 spiro atoms. The maximum absolute atomic E-state index is 12.1. The predicted octanol–water partition coefficient (Wildman–Crippen LogP) is 7.55. The fraction of sp³-hybridized carbons (Fsp3) is 0.938. The first-order chi connectivity index (χ1) is 20.8. The number of aliphatic hydroxyl groups excluding tert-OH is 2. The van der Waals surface area contributed by atoms with E-state index < -0.39 is 58.4 Å². The van der Waals surface area contributed by atoms with Gasteiger partial charge in [0.05, 0.1) is 26.4 Å². The van der Waals surface area contributed by atoms with E-state index in [2.05, 4.69) is 6.92 Å². The molecule has 10 nitrogen and oxygen atoms in total. The molecule has 0 aromatic heterocycles. The molecular weight excluding hydrogens is 575 g/mol. The largest absolute Gasteiger partial charge is 0.472 e. The zero-order valence-corrected chi connectivity index (χ0v) is 28.1. The molecule has 0 rings (SSSR count). The summed E-state index contributed by atoms with van der Waals surface area (Å²) >= 11 is 0. The van der Waals surface area contributed by atoms with Gasteiger partial charge in [-0.15, -0.1) is 0 Å². The molecule has 0 saturated carbocycles. The van der Waals surface area contributed by atoms with Crippen LogP contribution in [0.2, 0.25) is 0 Å². The van der Waals surface area contributed by atoms with Gasteiger partial charge in [0.1, 0.15) is 12.2 Å². The summed E-state index contributed by atoms with van der Waals surface area (Å²) in [4.78, 5) is 33.1. The van der Waals surface area contributed by atoms with E-state index in [4.69, 9.17) is 18.5 Å². The Balaban J connectivity index is 3.68. The summed E-state index contributed by atoms with van der Waals surface area (Å²) in [5, 5.41) is 18.6. The van der Waals surface area contributed by atoms with Crippen molar-refractivity contribution in [1.29, 1.82) is 0 Å². The molecule has 0 saturated heterocycles. The number of aliphatic hydroxyl groups is 2. The van der Waals surface area contributed by atoms with E-state index in [1.165, 1.54) is 103 Å². The topological polar surface area (TPSA) is 149 Å². The number of unbranched alkanes of at least 4 members (excludes halogenated alkanes) is 19. The van der Waals surface area contributed by atoms with Crippen LogP contribution in [-0.2, 0) is 32.7 Å². The molecule has 0 amide bonds. The molecule has 0 heterocycles. The van der Waals surface area contributed by atoms with Crippen LogP contribution in [0.5, 0.6) is 0 Å². The molecule has 0 aromatic rings. The van der Waals surface area contributed by atoms with Gasteiger partial charge in [0, 0.05) is 12.8 Å². The first-order valence-electron chi connectivity index (χ1n) is 17.0. The Hall–Kier alpha value is -1.03. The summed E-state index contributed by atoms with van der Waals surface area (Å²) < 4.78 is 31.5. The van der Waals surface area contributed by atoms with Crippen molar-refractivity contribution in [2.75, 3.05) is 26.4 Å². The van der Waals surface area contributed by atoms with E-state index in [-0.39, 0.29) is 12.8 Å². The van der Waals surface area contributed by atoms with Gasteiger partial charge in [0.2, 0.25) is 0 Å². The van der Waals surface area contributed by atoms with Gasteiger partial charge in [-0.2, -0.15) is 0 Å². The minimum absolute atomic E-state index is 0.0763. The molecule has 43 heavy (non-hydrogen) atoms. The molecule has 0 aromatic carbocycles. The number of phosphoric acid groups is 1. The molecule has 0 aliphatic heterocycles. The second-order valence-corrected chi connectivity index (χ2v) is 12.9. The van der Waals surface area contributed by atoms with Crippen LogP contribution in [0, 0.1) is 0 Å². The van der Waals surface area contributed by atoms with E-state index in [0.29, 0.717) is 6.42 Å². The summed E-state index contributed by atoms with van der Waals surface area (Å²) in [5.74, 6) is -1.10. The van der Waals surface area contributed by atoms with Gasteiger partial charge < -0.3 is 24.6 Å². The molecule has 0 aliphatic carbocycles. The minimum atomic E-state index is -4.59. The molecular formula is C32H63O10P. The maximum atomic E-state index is 12.1. The Kier molecular flexibility index (Phi) is 29.0. The Morgan fingerprint density at radius 3 is 1.21 bits per heavy atom. The quantitative estimate of drug-likeness (QED) is 0.0383. The van der Waals surface area contributed by atoms with Crippen molar-refractivity contribution in [3.63, 3.8) is 0 Å². The van der Waals surface area contributed by atoms with Crippen molar-refractivity contribution in [2.24, 2.45) is 0 Å². The normalized spacial score (nSPS) is 14.3. The lowest BCUT2D eigenvalue weighted by Crippen LogP contribution is -2.28. The van der Waals surface area contributed by atoms with Gasteiger partial charge in [-0.1, -0.05) is 136 Å². The van der Waals surface area contributed by atoms with Crippen molar-refractivity contribution in [2.45, 2.75) is 167 Å². The third-order valence-electron chi connectivity index (χ3n) is 7.37. The number of hydrogen-bond donors (Lipinski definition) is 3. The van der Waals surface area contributed by atoms with Crippen LogP contribution in [0.3, 0.4) is 0 Å². The molecule has 256 valence electrons. The minimum Gasteiger partial charge on any atom is -0.457 e. The van der Waals surface area contributed by atoms with Gasteiger partial charge >= 0.3 is 19.8 Å². The van der Waals surface area contributed by atoms with Gasteiger partial charge in [-0.25, -0.2) is 4.57 Å². The monoisotopic (exact) mass is 638 g/mol. The third kappa shape index (κ3) is 28.2. The number of carbonyl (C=O) groups excluding carboxylic acids is 2. The lowest BCUT2D eigenvalue weighted by molar-refractivity contribution is -0.153. The fourth-order valence-electron chi connectivity index (χ4n) is 4.68. The highest BCUT2D eigenvalue weighted by Gasteiger charge is 2.27. The van der Waals surface area contributed by atoms with Crippen molar-refractivity contribution in [1.82, 2.24) is 0 Å². The van der Waals surface area contributed by atoms with E-state index >= 15 is 0 Å². The summed E-state index contributed by atoms with van der Waals surface area (Å²) in [5.41, 5.74) is 0. The number of ether oxygens (including phenoxy) is 2.